The van der Waals surface area contributed by atoms with Gasteiger partial charge in [-0.25, -0.2) is 4.79 Å². The summed E-state index contributed by atoms with van der Waals surface area (Å²) in [4.78, 5) is 14.6. The maximum atomic E-state index is 11.2. The lowest BCUT2D eigenvalue weighted by atomic mass is 10.3. The van der Waals surface area contributed by atoms with Crippen LogP contribution in [0.25, 0.3) is 0 Å². The number of ether oxygens (including phenoxy) is 7. The van der Waals surface area contributed by atoms with Crippen molar-refractivity contribution in [3.63, 3.8) is 0 Å². The zero-order valence-corrected chi connectivity index (χ0v) is 29.7. The average Bonchev–Trinajstić information content (AvgIpc) is 3.09. The lowest BCUT2D eigenvalue weighted by molar-refractivity contribution is -0.144. The van der Waals surface area contributed by atoms with Crippen molar-refractivity contribution in [1.82, 2.24) is 9.80 Å². The second-order valence-electron chi connectivity index (χ2n) is 11.7. The Morgan fingerprint density at radius 2 is 0.902 bits per heavy atom. The number of aliphatic hydroxyl groups excluding tert-OH is 9. The molecule has 0 amide bonds. The van der Waals surface area contributed by atoms with Crippen LogP contribution in [0.3, 0.4) is 0 Å². The van der Waals surface area contributed by atoms with E-state index in [1.165, 1.54) is 0 Å². The summed E-state index contributed by atoms with van der Waals surface area (Å²) in [5, 5.41) is 86.9. The van der Waals surface area contributed by atoms with E-state index in [1.807, 2.05) is 0 Å². The first-order valence-electron chi connectivity index (χ1n) is 17.2. The van der Waals surface area contributed by atoms with Crippen LogP contribution < -0.4 is 0 Å². The summed E-state index contributed by atoms with van der Waals surface area (Å²) in [6.07, 6.45) is -4.09. The van der Waals surface area contributed by atoms with Crippen LogP contribution in [0.1, 0.15) is 6.42 Å². The Labute approximate surface area is 300 Å². The molecule has 19 nitrogen and oxygen atoms in total. The third-order valence-corrected chi connectivity index (χ3v) is 6.76. The summed E-state index contributed by atoms with van der Waals surface area (Å²) in [6, 6.07) is 0. The van der Waals surface area contributed by atoms with Gasteiger partial charge >= 0.3 is 5.97 Å². The first kappa shape index (κ1) is 49.5. The molecule has 0 spiro atoms. The zero-order valence-electron chi connectivity index (χ0n) is 29.7. The average molecular weight is 749 g/mol. The third kappa shape index (κ3) is 30.7. The summed E-state index contributed by atoms with van der Waals surface area (Å²) in [7, 11) is 0. The van der Waals surface area contributed by atoms with E-state index in [9.17, 15) is 30.3 Å². The molecule has 0 fully saturated rings. The van der Waals surface area contributed by atoms with Crippen molar-refractivity contribution in [2.75, 3.05) is 145 Å². The molecule has 0 saturated carbocycles. The molecule has 6 unspecified atom stereocenters. The Kier molecular flexibility index (Phi) is 33.3. The topological polar surface area (TPSA) is 270 Å². The fourth-order valence-electron chi connectivity index (χ4n) is 4.34. The number of rotatable bonds is 38. The van der Waals surface area contributed by atoms with E-state index in [2.05, 4.69) is 6.58 Å². The maximum Gasteiger partial charge on any atom is 0.330 e. The van der Waals surface area contributed by atoms with Crippen molar-refractivity contribution < 1.29 is 83.9 Å². The number of carbonyl (C=O) groups is 1. The summed E-state index contributed by atoms with van der Waals surface area (Å²) >= 11 is 0. The van der Waals surface area contributed by atoms with Crippen LogP contribution in [0.5, 0.6) is 0 Å². The van der Waals surface area contributed by atoms with E-state index in [1.54, 1.807) is 9.80 Å². The van der Waals surface area contributed by atoms with Crippen LogP contribution in [-0.2, 0) is 38.0 Å². The molecule has 0 aliphatic rings. The Morgan fingerprint density at radius 3 is 1.33 bits per heavy atom. The van der Waals surface area contributed by atoms with Crippen molar-refractivity contribution >= 4 is 5.97 Å². The second-order valence-corrected chi connectivity index (χ2v) is 11.7. The number of esters is 1. The minimum absolute atomic E-state index is 0.0168. The smallest absolute Gasteiger partial charge is 0.330 e. The van der Waals surface area contributed by atoms with Gasteiger partial charge in [0.2, 0.25) is 0 Å². The Balaban J connectivity index is 4.46. The number of nitrogens with zero attached hydrogens (tertiary/aromatic N) is 2. The molecule has 19 heteroatoms. The molecule has 0 aromatic carbocycles. The molecule has 0 radical (unpaired) electrons. The van der Waals surface area contributed by atoms with E-state index in [4.69, 9.17) is 53.6 Å². The molecular formula is C32H64N2O17. The van der Waals surface area contributed by atoms with E-state index in [-0.39, 0.29) is 119 Å². The van der Waals surface area contributed by atoms with Gasteiger partial charge in [0.05, 0.1) is 98.1 Å². The van der Waals surface area contributed by atoms with Gasteiger partial charge < -0.3 is 79.1 Å². The molecule has 0 bridgehead atoms. The number of aliphatic hydroxyl groups is 9. The highest BCUT2D eigenvalue weighted by molar-refractivity contribution is 5.81. The van der Waals surface area contributed by atoms with Gasteiger partial charge in [0, 0.05) is 58.6 Å². The molecule has 6 atom stereocenters. The normalized spacial score (nSPS) is 15.5. The van der Waals surface area contributed by atoms with Crippen molar-refractivity contribution in [3.05, 3.63) is 12.7 Å². The zero-order chi connectivity index (χ0) is 38.1. The number of hydrogen-bond donors (Lipinski definition) is 9. The largest absolute Gasteiger partial charge is 0.460 e. The molecule has 0 saturated heterocycles. The quantitative estimate of drug-likeness (QED) is 0.0162. The SMILES string of the molecule is C=CC(=O)OCC(O)COC(COCC(O)COCCCOCC(O)CN(CCO)CCO)COCC(O)COCC(O)CN(CCO)CCO. The molecule has 9 N–H and O–H groups in total. The Hall–Kier alpha value is -1.47. The van der Waals surface area contributed by atoms with Gasteiger partial charge in [-0.1, -0.05) is 6.58 Å². The Morgan fingerprint density at radius 1 is 0.529 bits per heavy atom. The predicted molar refractivity (Wildman–Crippen MR) is 181 cm³/mol. The summed E-state index contributed by atoms with van der Waals surface area (Å²) in [6.45, 7) is 4.09. The van der Waals surface area contributed by atoms with Crippen LogP contribution in [0.4, 0.5) is 0 Å². The molecule has 0 aromatic heterocycles. The van der Waals surface area contributed by atoms with E-state index >= 15 is 0 Å². The number of carbonyl (C=O) groups excluding carboxylic acids is 1. The van der Waals surface area contributed by atoms with E-state index in [0.29, 0.717) is 32.7 Å². The van der Waals surface area contributed by atoms with Gasteiger partial charge in [0.1, 0.15) is 31.0 Å². The van der Waals surface area contributed by atoms with Crippen LogP contribution in [-0.4, -0.2) is 243 Å². The molecule has 0 aliphatic heterocycles. The minimum atomic E-state index is -1.15. The maximum absolute atomic E-state index is 11.2. The highest BCUT2D eigenvalue weighted by Gasteiger charge is 2.18. The lowest BCUT2D eigenvalue weighted by Gasteiger charge is -2.24. The molecule has 304 valence electrons. The van der Waals surface area contributed by atoms with Gasteiger partial charge in [-0.2, -0.15) is 0 Å². The summed E-state index contributed by atoms with van der Waals surface area (Å²) in [5.41, 5.74) is 0. The van der Waals surface area contributed by atoms with Gasteiger partial charge in [0.25, 0.3) is 0 Å². The van der Waals surface area contributed by atoms with Crippen molar-refractivity contribution in [2.24, 2.45) is 0 Å². The van der Waals surface area contributed by atoms with Crippen LogP contribution >= 0.6 is 0 Å². The summed E-state index contributed by atoms with van der Waals surface area (Å²) < 4.78 is 37.8. The summed E-state index contributed by atoms with van der Waals surface area (Å²) in [5.74, 6) is -0.701. The molecule has 0 rings (SSSR count). The molecule has 0 aromatic rings. The molecule has 0 aliphatic carbocycles. The fraction of sp³-hybridized carbons (Fsp3) is 0.906. The van der Waals surface area contributed by atoms with Crippen LogP contribution in [0.15, 0.2) is 12.7 Å². The molecule has 51 heavy (non-hydrogen) atoms. The molecule has 0 heterocycles. The van der Waals surface area contributed by atoms with Crippen LogP contribution in [0.2, 0.25) is 0 Å². The van der Waals surface area contributed by atoms with Gasteiger partial charge in [-0.05, 0) is 6.42 Å². The second kappa shape index (κ2) is 34.3. The first-order chi connectivity index (χ1) is 24.6. The van der Waals surface area contributed by atoms with Crippen molar-refractivity contribution in [3.8, 4) is 0 Å². The minimum Gasteiger partial charge on any atom is -0.460 e. The standard InChI is InChI=1S/C32H64N2O17/c1-2-32(44)51-23-30(43)22-50-31(25-49-21-29(42)19-47-17-27(40)15-34(6-10-37)7-11-38)24-48-20-28(41)18-46-13-3-12-45-16-26(39)14-33(4-8-35)5-9-36/h2,26-31,35-43H,1,3-25H2. The number of hydrogen-bond acceptors (Lipinski definition) is 19. The highest BCUT2D eigenvalue weighted by atomic mass is 16.6. The monoisotopic (exact) mass is 748 g/mol. The molecular weight excluding hydrogens is 684 g/mol. The predicted octanol–water partition coefficient (Wildman–Crippen LogP) is -5.05. The highest BCUT2D eigenvalue weighted by Crippen LogP contribution is 2.02. The third-order valence-electron chi connectivity index (χ3n) is 6.76. The fourth-order valence-corrected chi connectivity index (χ4v) is 4.34. The van der Waals surface area contributed by atoms with E-state index < -0.39 is 42.6 Å². The van der Waals surface area contributed by atoms with E-state index in [0.717, 1.165) is 6.08 Å². The Bertz CT molecular complexity index is 793. The van der Waals surface area contributed by atoms with Crippen molar-refractivity contribution in [2.45, 2.75) is 43.0 Å². The van der Waals surface area contributed by atoms with Gasteiger partial charge in [-0.15, -0.1) is 0 Å². The van der Waals surface area contributed by atoms with Crippen LogP contribution in [0, 0.1) is 0 Å². The van der Waals surface area contributed by atoms with Gasteiger partial charge in [0.15, 0.2) is 0 Å². The lowest BCUT2D eigenvalue weighted by Crippen LogP contribution is -2.39. The van der Waals surface area contributed by atoms with Gasteiger partial charge in [-0.3, -0.25) is 9.80 Å². The van der Waals surface area contributed by atoms with Crippen molar-refractivity contribution in [1.29, 1.82) is 0 Å². The first-order valence-corrected chi connectivity index (χ1v) is 17.2.